The number of carbonyl (C=O) groups excluding carboxylic acids is 2. The second-order valence-electron chi connectivity index (χ2n) is 5.34. The number of carbonyl (C=O) groups is 2. The van der Waals surface area contributed by atoms with Crippen LogP contribution in [0.2, 0.25) is 0 Å². The van der Waals surface area contributed by atoms with Gasteiger partial charge in [-0.1, -0.05) is 0 Å². The fraction of sp³-hybridized carbons (Fsp3) is 0.846. The lowest BCUT2D eigenvalue weighted by atomic mass is 10.3. The van der Waals surface area contributed by atoms with Gasteiger partial charge in [-0.3, -0.25) is 14.5 Å². The van der Waals surface area contributed by atoms with Gasteiger partial charge in [0.1, 0.15) is 0 Å². The van der Waals surface area contributed by atoms with Crippen LogP contribution in [-0.4, -0.2) is 74.0 Å². The summed E-state index contributed by atoms with van der Waals surface area (Å²) >= 11 is 0. The number of piperazine rings is 1. The fourth-order valence-electron chi connectivity index (χ4n) is 2.05. The highest BCUT2D eigenvalue weighted by atomic mass is 35.5. The van der Waals surface area contributed by atoms with Crippen molar-refractivity contribution in [2.24, 2.45) is 0 Å². The smallest absolute Gasteiger partial charge is 0.234 e. The van der Waals surface area contributed by atoms with E-state index in [0.717, 1.165) is 26.2 Å². The Balaban J connectivity index is 0.00000361. The van der Waals surface area contributed by atoms with E-state index in [9.17, 15) is 9.59 Å². The van der Waals surface area contributed by atoms with Crippen molar-refractivity contribution in [2.75, 3.05) is 46.3 Å². The maximum absolute atomic E-state index is 11.9. The summed E-state index contributed by atoms with van der Waals surface area (Å²) in [5.74, 6) is 0.185. The number of likely N-dealkylation sites (N-methyl/N-ethyl adjacent to an activating group) is 1. The van der Waals surface area contributed by atoms with Crippen LogP contribution in [0.1, 0.15) is 20.3 Å². The highest BCUT2D eigenvalue weighted by molar-refractivity contribution is 5.85. The van der Waals surface area contributed by atoms with Gasteiger partial charge >= 0.3 is 0 Å². The lowest BCUT2D eigenvalue weighted by Gasteiger charge is -2.28. The van der Waals surface area contributed by atoms with E-state index in [1.807, 2.05) is 30.7 Å². The highest BCUT2D eigenvalue weighted by Crippen LogP contribution is 1.98. The van der Waals surface area contributed by atoms with Crippen molar-refractivity contribution in [3.63, 3.8) is 0 Å². The predicted molar refractivity (Wildman–Crippen MR) is 82.1 cm³/mol. The number of hydrogen-bond donors (Lipinski definition) is 2. The number of nitrogens with one attached hydrogen (secondary N) is 2. The number of amides is 2. The van der Waals surface area contributed by atoms with Gasteiger partial charge in [-0.2, -0.15) is 0 Å². The fourth-order valence-corrected chi connectivity index (χ4v) is 2.05. The lowest BCUT2D eigenvalue weighted by molar-refractivity contribution is -0.132. The third-order valence-corrected chi connectivity index (χ3v) is 3.04. The molecular weight excluding hydrogens is 280 g/mol. The second kappa shape index (κ2) is 9.96. The molecule has 1 aliphatic heterocycles. The van der Waals surface area contributed by atoms with Gasteiger partial charge in [0.2, 0.25) is 11.8 Å². The Morgan fingerprint density at radius 3 is 2.45 bits per heavy atom. The number of nitrogens with zero attached hydrogens (tertiary/aromatic N) is 2. The maximum atomic E-state index is 11.9. The number of hydrogen-bond acceptors (Lipinski definition) is 4. The molecular formula is C13H27ClN4O2. The minimum absolute atomic E-state index is 0. The zero-order valence-electron chi connectivity index (χ0n) is 12.6. The highest BCUT2D eigenvalue weighted by Gasteiger charge is 2.16. The Bertz CT molecular complexity index is 307. The van der Waals surface area contributed by atoms with Crippen molar-refractivity contribution < 1.29 is 9.59 Å². The second-order valence-corrected chi connectivity index (χ2v) is 5.34. The first kappa shape index (κ1) is 19.1. The molecule has 0 aliphatic carbocycles. The summed E-state index contributed by atoms with van der Waals surface area (Å²) < 4.78 is 0. The van der Waals surface area contributed by atoms with Crippen LogP contribution in [0.4, 0.5) is 0 Å². The molecule has 0 radical (unpaired) electrons. The van der Waals surface area contributed by atoms with Crippen molar-refractivity contribution in [2.45, 2.75) is 26.3 Å². The van der Waals surface area contributed by atoms with Gasteiger partial charge in [0.15, 0.2) is 0 Å². The van der Waals surface area contributed by atoms with E-state index in [-0.39, 0.29) is 30.3 Å². The van der Waals surface area contributed by atoms with E-state index in [1.165, 1.54) is 0 Å². The zero-order chi connectivity index (χ0) is 14.3. The van der Waals surface area contributed by atoms with E-state index in [2.05, 4.69) is 10.6 Å². The van der Waals surface area contributed by atoms with Gasteiger partial charge in [0.05, 0.1) is 6.54 Å². The molecule has 0 bridgehead atoms. The van der Waals surface area contributed by atoms with E-state index in [4.69, 9.17) is 0 Å². The van der Waals surface area contributed by atoms with Crippen LogP contribution in [0.15, 0.2) is 0 Å². The van der Waals surface area contributed by atoms with Crippen LogP contribution in [0.5, 0.6) is 0 Å². The molecule has 20 heavy (non-hydrogen) atoms. The molecule has 1 rings (SSSR count). The monoisotopic (exact) mass is 306 g/mol. The summed E-state index contributed by atoms with van der Waals surface area (Å²) in [7, 11) is 1.87. The minimum Gasteiger partial charge on any atom is -0.353 e. The molecule has 1 fully saturated rings. The summed E-state index contributed by atoms with van der Waals surface area (Å²) in [4.78, 5) is 27.3. The Hall–Kier alpha value is -0.850. The van der Waals surface area contributed by atoms with Crippen LogP contribution < -0.4 is 10.6 Å². The first-order valence-corrected chi connectivity index (χ1v) is 6.95. The average Bonchev–Trinajstić information content (AvgIpc) is 2.36. The summed E-state index contributed by atoms with van der Waals surface area (Å²) in [6.07, 6.45) is 0.478. The van der Waals surface area contributed by atoms with Crippen LogP contribution in [0, 0.1) is 0 Å². The Labute approximate surface area is 127 Å². The zero-order valence-corrected chi connectivity index (χ0v) is 13.5. The van der Waals surface area contributed by atoms with Crippen LogP contribution in [-0.2, 0) is 9.59 Å². The molecule has 0 aromatic rings. The Kier molecular flexibility index (Phi) is 9.54. The SMILES string of the molecule is CC(C)NC(=O)CN(C)CCC(=O)N1CCNCC1.Cl. The molecule has 0 spiro atoms. The Morgan fingerprint density at radius 1 is 1.30 bits per heavy atom. The molecule has 1 aliphatic rings. The van der Waals surface area contributed by atoms with E-state index >= 15 is 0 Å². The van der Waals surface area contributed by atoms with Gasteiger partial charge in [0.25, 0.3) is 0 Å². The molecule has 1 saturated heterocycles. The van der Waals surface area contributed by atoms with Gasteiger partial charge in [0, 0.05) is 45.2 Å². The van der Waals surface area contributed by atoms with E-state index < -0.39 is 0 Å². The summed E-state index contributed by atoms with van der Waals surface area (Å²) in [6.45, 7) is 8.16. The first-order valence-electron chi connectivity index (χ1n) is 6.95. The first-order chi connectivity index (χ1) is 8.99. The standard InChI is InChI=1S/C13H26N4O2.ClH/c1-11(2)15-12(18)10-16(3)7-4-13(19)17-8-5-14-6-9-17;/h11,14H,4-10H2,1-3H3,(H,15,18);1H. The summed E-state index contributed by atoms with van der Waals surface area (Å²) in [5, 5.41) is 6.06. The lowest BCUT2D eigenvalue weighted by Crippen LogP contribution is -2.47. The normalized spacial score (nSPS) is 15.2. The third kappa shape index (κ3) is 7.67. The minimum atomic E-state index is 0. The molecule has 7 heteroatoms. The molecule has 0 aromatic heterocycles. The molecule has 118 valence electrons. The van der Waals surface area contributed by atoms with Crippen molar-refractivity contribution in [1.29, 1.82) is 0 Å². The van der Waals surface area contributed by atoms with Crippen molar-refractivity contribution >= 4 is 24.2 Å². The molecule has 2 amide bonds. The van der Waals surface area contributed by atoms with Gasteiger partial charge in [-0.15, -0.1) is 12.4 Å². The molecule has 0 aromatic carbocycles. The van der Waals surface area contributed by atoms with Crippen LogP contribution >= 0.6 is 12.4 Å². The molecule has 0 unspecified atom stereocenters. The van der Waals surface area contributed by atoms with E-state index in [1.54, 1.807) is 0 Å². The summed E-state index contributed by atoms with van der Waals surface area (Å²) in [5.41, 5.74) is 0. The van der Waals surface area contributed by atoms with Crippen molar-refractivity contribution in [3.05, 3.63) is 0 Å². The van der Waals surface area contributed by atoms with Crippen molar-refractivity contribution in [3.8, 4) is 0 Å². The molecule has 6 nitrogen and oxygen atoms in total. The molecule has 0 atom stereocenters. The largest absolute Gasteiger partial charge is 0.353 e. The van der Waals surface area contributed by atoms with E-state index in [0.29, 0.717) is 19.5 Å². The quantitative estimate of drug-likeness (QED) is 0.706. The topological polar surface area (TPSA) is 64.7 Å². The van der Waals surface area contributed by atoms with Gasteiger partial charge in [-0.25, -0.2) is 0 Å². The van der Waals surface area contributed by atoms with Crippen LogP contribution in [0.3, 0.4) is 0 Å². The average molecular weight is 307 g/mol. The molecule has 1 heterocycles. The van der Waals surface area contributed by atoms with Crippen LogP contribution in [0.25, 0.3) is 0 Å². The molecule has 0 saturated carbocycles. The maximum Gasteiger partial charge on any atom is 0.234 e. The van der Waals surface area contributed by atoms with Gasteiger partial charge < -0.3 is 15.5 Å². The number of halogens is 1. The van der Waals surface area contributed by atoms with Gasteiger partial charge in [-0.05, 0) is 20.9 Å². The molecule has 2 N–H and O–H groups in total. The number of rotatable bonds is 6. The predicted octanol–water partition coefficient (Wildman–Crippen LogP) is -0.313. The third-order valence-electron chi connectivity index (χ3n) is 3.04. The van der Waals surface area contributed by atoms with Crippen molar-refractivity contribution in [1.82, 2.24) is 20.4 Å². The Morgan fingerprint density at radius 2 is 1.90 bits per heavy atom. The summed E-state index contributed by atoms with van der Waals surface area (Å²) in [6, 6.07) is 0.156.